The zero-order valence-corrected chi connectivity index (χ0v) is 11.0. The van der Waals surface area contributed by atoms with Crippen LogP contribution in [0, 0.1) is 0 Å². The molecule has 1 N–H and O–H groups in total. The maximum absolute atomic E-state index is 8.90. The Hall–Kier alpha value is -1.05. The summed E-state index contributed by atoms with van der Waals surface area (Å²) in [5.41, 5.74) is 0. The van der Waals surface area contributed by atoms with Gasteiger partial charge in [0.1, 0.15) is 0 Å². The summed E-state index contributed by atoms with van der Waals surface area (Å²) in [5, 5.41) is 20.7. The molecule has 1 aliphatic rings. The van der Waals surface area contributed by atoms with Crippen LogP contribution in [0.1, 0.15) is 19.2 Å². The Morgan fingerprint density at radius 2 is 1.83 bits per heavy atom. The topological polar surface area (TPSA) is 70.3 Å². The van der Waals surface area contributed by atoms with Crippen molar-refractivity contribution in [2.24, 2.45) is 0 Å². The quantitative estimate of drug-likeness (QED) is 0.716. The molecule has 7 nitrogen and oxygen atoms in total. The molecule has 0 radical (unpaired) electrons. The van der Waals surface area contributed by atoms with E-state index in [1.165, 1.54) is 0 Å². The van der Waals surface area contributed by atoms with Crippen LogP contribution in [0.2, 0.25) is 0 Å². The molecule has 0 saturated carbocycles. The lowest BCUT2D eigenvalue weighted by Gasteiger charge is -2.33. The van der Waals surface area contributed by atoms with Gasteiger partial charge in [-0.3, -0.25) is 9.80 Å². The summed E-state index contributed by atoms with van der Waals surface area (Å²) >= 11 is 0. The van der Waals surface area contributed by atoms with Gasteiger partial charge in [0.05, 0.1) is 13.2 Å². The summed E-state index contributed by atoms with van der Waals surface area (Å²) in [4.78, 5) is 4.65. The molecule has 1 saturated heterocycles. The lowest BCUT2D eigenvalue weighted by atomic mass is 10.3. The van der Waals surface area contributed by atoms with Gasteiger partial charge in [0.25, 0.3) is 0 Å². The van der Waals surface area contributed by atoms with Crippen molar-refractivity contribution in [1.29, 1.82) is 0 Å². The highest BCUT2D eigenvalue weighted by Gasteiger charge is 2.18. The molecule has 1 aromatic rings. The average molecular weight is 254 g/mol. The number of aromatic nitrogens is 4. The van der Waals surface area contributed by atoms with Crippen LogP contribution in [0.4, 0.5) is 0 Å². The minimum atomic E-state index is 0.245. The van der Waals surface area contributed by atoms with Gasteiger partial charge in [0.15, 0.2) is 5.82 Å². The van der Waals surface area contributed by atoms with E-state index in [0.717, 1.165) is 58.1 Å². The predicted octanol–water partition coefficient (Wildman–Crippen LogP) is -0.807. The van der Waals surface area contributed by atoms with Crippen LogP contribution in [-0.4, -0.2) is 74.4 Å². The van der Waals surface area contributed by atoms with E-state index in [9.17, 15) is 0 Å². The van der Waals surface area contributed by atoms with Crippen molar-refractivity contribution in [3.8, 4) is 0 Å². The fraction of sp³-hybridized carbons (Fsp3) is 0.909. The van der Waals surface area contributed by atoms with Crippen molar-refractivity contribution < 1.29 is 5.11 Å². The van der Waals surface area contributed by atoms with Gasteiger partial charge in [0.2, 0.25) is 0 Å². The van der Waals surface area contributed by atoms with Crippen molar-refractivity contribution in [3.05, 3.63) is 5.82 Å². The first-order valence-electron chi connectivity index (χ1n) is 6.64. The molecular weight excluding hydrogens is 232 g/mol. The second-order valence-corrected chi connectivity index (χ2v) is 4.66. The van der Waals surface area contributed by atoms with E-state index in [4.69, 9.17) is 5.11 Å². The van der Waals surface area contributed by atoms with E-state index >= 15 is 0 Å². The summed E-state index contributed by atoms with van der Waals surface area (Å²) in [6.45, 7) is 8.89. The molecule has 2 rings (SSSR count). The van der Waals surface area contributed by atoms with Gasteiger partial charge in [0, 0.05) is 39.3 Å². The summed E-state index contributed by atoms with van der Waals surface area (Å²) in [7, 11) is 0. The van der Waals surface area contributed by atoms with Crippen LogP contribution in [0.15, 0.2) is 0 Å². The van der Waals surface area contributed by atoms with Gasteiger partial charge in [-0.15, -0.1) is 5.10 Å². The fourth-order valence-electron chi connectivity index (χ4n) is 2.23. The van der Waals surface area contributed by atoms with E-state index in [-0.39, 0.29) is 6.61 Å². The van der Waals surface area contributed by atoms with Crippen LogP contribution in [-0.2, 0) is 13.1 Å². The number of hydrogen-bond donors (Lipinski definition) is 1. The van der Waals surface area contributed by atoms with Gasteiger partial charge in [-0.25, -0.2) is 4.68 Å². The van der Waals surface area contributed by atoms with Gasteiger partial charge >= 0.3 is 0 Å². The van der Waals surface area contributed by atoms with Crippen LogP contribution >= 0.6 is 0 Å². The third-order valence-corrected chi connectivity index (χ3v) is 3.29. The molecule has 7 heteroatoms. The first-order valence-corrected chi connectivity index (χ1v) is 6.64. The van der Waals surface area contributed by atoms with E-state index in [1.54, 1.807) is 0 Å². The first-order chi connectivity index (χ1) is 8.83. The number of piperazine rings is 1. The SMILES string of the molecule is CCCn1nnnc1CN1CCN(CCO)CC1. The molecular formula is C11H22N6O. The van der Waals surface area contributed by atoms with Crippen molar-refractivity contribution in [2.45, 2.75) is 26.4 Å². The van der Waals surface area contributed by atoms with Crippen molar-refractivity contribution in [1.82, 2.24) is 30.0 Å². The lowest BCUT2D eigenvalue weighted by Crippen LogP contribution is -2.46. The molecule has 18 heavy (non-hydrogen) atoms. The Morgan fingerprint density at radius 3 is 2.50 bits per heavy atom. The van der Waals surface area contributed by atoms with Crippen LogP contribution < -0.4 is 0 Å². The lowest BCUT2D eigenvalue weighted by molar-refractivity contribution is 0.106. The van der Waals surface area contributed by atoms with E-state index in [0.29, 0.717) is 0 Å². The maximum atomic E-state index is 8.90. The number of aliphatic hydroxyl groups is 1. The molecule has 102 valence electrons. The largest absolute Gasteiger partial charge is 0.395 e. The van der Waals surface area contributed by atoms with Crippen LogP contribution in [0.5, 0.6) is 0 Å². The average Bonchev–Trinajstić information content (AvgIpc) is 2.80. The molecule has 0 amide bonds. The molecule has 1 fully saturated rings. The molecule has 0 aromatic carbocycles. The van der Waals surface area contributed by atoms with Crippen LogP contribution in [0.25, 0.3) is 0 Å². The number of rotatable bonds is 6. The minimum Gasteiger partial charge on any atom is -0.395 e. The van der Waals surface area contributed by atoms with Crippen LogP contribution in [0.3, 0.4) is 0 Å². The van der Waals surface area contributed by atoms with Crippen molar-refractivity contribution >= 4 is 0 Å². The summed E-state index contributed by atoms with van der Waals surface area (Å²) < 4.78 is 1.89. The first kappa shape index (κ1) is 13.4. The molecule has 2 heterocycles. The van der Waals surface area contributed by atoms with E-state index in [2.05, 4.69) is 32.2 Å². The molecule has 1 aromatic heterocycles. The van der Waals surface area contributed by atoms with E-state index in [1.807, 2.05) is 4.68 Å². The summed E-state index contributed by atoms with van der Waals surface area (Å²) in [6.07, 6.45) is 1.04. The van der Waals surface area contributed by atoms with Gasteiger partial charge < -0.3 is 5.11 Å². The highest BCUT2D eigenvalue weighted by molar-refractivity contribution is 4.83. The highest BCUT2D eigenvalue weighted by atomic mass is 16.3. The van der Waals surface area contributed by atoms with Gasteiger partial charge in [-0.2, -0.15) is 0 Å². The number of nitrogens with zero attached hydrogens (tertiary/aromatic N) is 6. The summed E-state index contributed by atoms with van der Waals surface area (Å²) in [6, 6.07) is 0. The minimum absolute atomic E-state index is 0.245. The highest BCUT2D eigenvalue weighted by Crippen LogP contribution is 2.06. The Labute approximate surface area is 107 Å². The summed E-state index contributed by atoms with van der Waals surface area (Å²) in [5.74, 6) is 0.951. The maximum Gasteiger partial charge on any atom is 0.165 e. The Morgan fingerprint density at radius 1 is 1.11 bits per heavy atom. The number of aryl methyl sites for hydroxylation is 1. The smallest absolute Gasteiger partial charge is 0.165 e. The van der Waals surface area contributed by atoms with Crippen molar-refractivity contribution in [3.63, 3.8) is 0 Å². The van der Waals surface area contributed by atoms with Gasteiger partial charge in [-0.1, -0.05) is 6.92 Å². The third kappa shape index (κ3) is 3.47. The molecule has 0 bridgehead atoms. The second-order valence-electron chi connectivity index (χ2n) is 4.66. The third-order valence-electron chi connectivity index (χ3n) is 3.29. The number of β-amino-alcohol motifs (C(OH)–C–C–N with tert-alkyl or cyclic N) is 1. The Kier molecular flexibility index (Phi) is 5.03. The Bertz CT molecular complexity index is 347. The standard InChI is InChI=1S/C11H22N6O/c1-2-3-17-11(12-13-14-17)10-16-6-4-15(5-7-16)8-9-18/h18H,2-10H2,1H3. The molecule has 0 atom stereocenters. The molecule has 0 unspecified atom stereocenters. The molecule has 0 aliphatic carbocycles. The number of aliphatic hydroxyl groups excluding tert-OH is 1. The van der Waals surface area contributed by atoms with E-state index < -0.39 is 0 Å². The zero-order chi connectivity index (χ0) is 12.8. The molecule has 1 aliphatic heterocycles. The zero-order valence-electron chi connectivity index (χ0n) is 11.0. The number of tetrazole rings is 1. The van der Waals surface area contributed by atoms with Gasteiger partial charge in [-0.05, 0) is 16.8 Å². The number of hydrogen-bond acceptors (Lipinski definition) is 6. The molecule has 0 spiro atoms. The Balaban J connectivity index is 1.82. The van der Waals surface area contributed by atoms with Crippen molar-refractivity contribution in [2.75, 3.05) is 39.3 Å². The normalized spacial score (nSPS) is 18.3. The predicted molar refractivity (Wildman–Crippen MR) is 66.9 cm³/mol. The fourth-order valence-corrected chi connectivity index (χ4v) is 2.23. The monoisotopic (exact) mass is 254 g/mol. The second kappa shape index (κ2) is 6.77.